The van der Waals surface area contributed by atoms with Crippen LogP contribution in [0.3, 0.4) is 0 Å². The second-order valence-corrected chi connectivity index (χ2v) is 8.68. The van der Waals surface area contributed by atoms with Gasteiger partial charge in [-0.3, -0.25) is 9.69 Å². The third-order valence-corrected chi connectivity index (χ3v) is 7.00. The molecule has 1 aliphatic heterocycles. The van der Waals surface area contributed by atoms with E-state index in [0.29, 0.717) is 24.3 Å². The van der Waals surface area contributed by atoms with Crippen LogP contribution in [-0.2, 0) is 16.1 Å². The van der Waals surface area contributed by atoms with Gasteiger partial charge in [-0.2, -0.15) is 0 Å². The van der Waals surface area contributed by atoms with Gasteiger partial charge in [-0.15, -0.1) is 0 Å². The molecule has 2 aliphatic carbocycles. The van der Waals surface area contributed by atoms with Crippen LogP contribution in [0.2, 0.25) is 0 Å². The average Bonchev–Trinajstić information content (AvgIpc) is 3.28. The summed E-state index contributed by atoms with van der Waals surface area (Å²) >= 11 is 0. The van der Waals surface area contributed by atoms with Crippen LogP contribution in [0.5, 0.6) is 0 Å². The number of ketones is 1. The summed E-state index contributed by atoms with van der Waals surface area (Å²) in [5.41, 5.74) is 3.69. The molecule has 0 N–H and O–H groups in total. The Labute approximate surface area is 167 Å². The number of ether oxygens (including phenoxy) is 1. The summed E-state index contributed by atoms with van der Waals surface area (Å²) in [5, 5.41) is 0. The zero-order valence-electron chi connectivity index (χ0n) is 16.4. The normalized spacial score (nSPS) is 30.1. The van der Waals surface area contributed by atoms with Gasteiger partial charge in [0.2, 0.25) is 0 Å². The molecule has 3 heteroatoms. The van der Waals surface area contributed by atoms with Gasteiger partial charge < -0.3 is 4.74 Å². The van der Waals surface area contributed by atoms with E-state index in [0.717, 1.165) is 12.8 Å². The fourth-order valence-electron chi connectivity index (χ4n) is 5.60. The van der Waals surface area contributed by atoms with Gasteiger partial charge in [0.1, 0.15) is 5.78 Å². The SMILES string of the molecule is O=C1CC2C(OCc3ccc(-c4ccccc4)cc3)C[C@@H]1C2N1CCCCC1. The largest absolute Gasteiger partial charge is 0.373 e. The van der Waals surface area contributed by atoms with Gasteiger partial charge in [-0.1, -0.05) is 61.0 Å². The third kappa shape index (κ3) is 3.42. The number of likely N-dealkylation sites (tertiary alicyclic amines) is 1. The van der Waals surface area contributed by atoms with Crippen molar-refractivity contribution >= 4 is 5.78 Å². The first-order chi connectivity index (χ1) is 13.8. The van der Waals surface area contributed by atoms with Gasteiger partial charge in [-0.25, -0.2) is 0 Å². The molecule has 0 aromatic heterocycles. The first kappa shape index (κ1) is 18.1. The van der Waals surface area contributed by atoms with Gasteiger partial charge in [0.25, 0.3) is 0 Å². The second-order valence-electron chi connectivity index (χ2n) is 8.68. The fourth-order valence-corrected chi connectivity index (χ4v) is 5.60. The molecule has 5 rings (SSSR count). The van der Waals surface area contributed by atoms with E-state index in [-0.39, 0.29) is 12.0 Å². The van der Waals surface area contributed by atoms with Crippen molar-refractivity contribution in [2.24, 2.45) is 11.8 Å². The molecular weight excluding hydrogens is 346 g/mol. The number of Topliss-reactive ketones (excluding diaryl/α,β-unsaturated/α-hetero) is 1. The first-order valence-corrected chi connectivity index (χ1v) is 10.8. The van der Waals surface area contributed by atoms with E-state index in [4.69, 9.17) is 4.74 Å². The van der Waals surface area contributed by atoms with E-state index in [2.05, 4.69) is 53.4 Å². The Morgan fingerprint density at radius 3 is 2.36 bits per heavy atom. The van der Waals surface area contributed by atoms with Crippen molar-refractivity contribution in [3.63, 3.8) is 0 Å². The fraction of sp³-hybridized carbons (Fsp3) is 0.480. The minimum absolute atomic E-state index is 0.216. The lowest BCUT2D eigenvalue weighted by Crippen LogP contribution is -2.43. The molecule has 3 aliphatic rings. The topological polar surface area (TPSA) is 29.5 Å². The number of rotatable bonds is 5. The first-order valence-electron chi connectivity index (χ1n) is 10.8. The van der Waals surface area contributed by atoms with Crippen LogP contribution < -0.4 is 0 Å². The van der Waals surface area contributed by atoms with Crippen LogP contribution in [0.1, 0.15) is 37.7 Å². The highest BCUT2D eigenvalue weighted by molar-refractivity contribution is 5.86. The van der Waals surface area contributed by atoms with Crippen molar-refractivity contribution in [1.82, 2.24) is 4.90 Å². The van der Waals surface area contributed by atoms with E-state index < -0.39 is 0 Å². The molecule has 3 fully saturated rings. The molecule has 1 saturated heterocycles. The summed E-state index contributed by atoms with van der Waals surface area (Å²) in [7, 11) is 0. The Balaban J connectivity index is 1.22. The highest BCUT2D eigenvalue weighted by Crippen LogP contribution is 2.47. The molecule has 1 heterocycles. The van der Waals surface area contributed by atoms with E-state index in [1.54, 1.807) is 0 Å². The lowest BCUT2D eigenvalue weighted by molar-refractivity contribution is -0.124. The third-order valence-electron chi connectivity index (χ3n) is 7.00. The maximum absolute atomic E-state index is 12.4. The zero-order valence-corrected chi connectivity index (χ0v) is 16.4. The molecule has 3 nitrogen and oxygen atoms in total. The monoisotopic (exact) mass is 375 g/mol. The molecule has 4 atom stereocenters. The highest BCUT2D eigenvalue weighted by atomic mass is 16.5. The summed E-state index contributed by atoms with van der Waals surface area (Å²) in [6.45, 7) is 2.97. The van der Waals surface area contributed by atoms with Gasteiger partial charge in [0.05, 0.1) is 12.7 Å². The number of nitrogens with zero attached hydrogens (tertiary/aromatic N) is 1. The second kappa shape index (κ2) is 7.81. The van der Waals surface area contributed by atoms with Crippen molar-refractivity contribution in [3.05, 3.63) is 60.2 Å². The Kier molecular flexibility index (Phi) is 5.04. The minimum atomic E-state index is 0.216. The number of hydrogen-bond donors (Lipinski definition) is 0. The number of piperidine rings is 1. The maximum Gasteiger partial charge on any atom is 0.138 e. The molecule has 146 valence electrons. The molecule has 0 amide bonds. The van der Waals surface area contributed by atoms with Crippen molar-refractivity contribution < 1.29 is 9.53 Å². The van der Waals surface area contributed by atoms with Crippen molar-refractivity contribution in [3.8, 4) is 11.1 Å². The van der Waals surface area contributed by atoms with Crippen LogP contribution in [0.25, 0.3) is 11.1 Å². The van der Waals surface area contributed by atoms with Gasteiger partial charge >= 0.3 is 0 Å². The highest BCUT2D eigenvalue weighted by Gasteiger charge is 2.55. The Hall–Kier alpha value is -1.97. The van der Waals surface area contributed by atoms with Gasteiger partial charge in [0.15, 0.2) is 0 Å². The molecule has 2 aromatic carbocycles. The molecule has 2 bridgehead atoms. The minimum Gasteiger partial charge on any atom is -0.373 e. The number of hydrogen-bond acceptors (Lipinski definition) is 3. The van der Waals surface area contributed by atoms with E-state index in [1.807, 2.05) is 6.07 Å². The van der Waals surface area contributed by atoms with Gasteiger partial charge in [0, 0.05) is 24.3 Å². The summed E-state index contributed by atoms with van der Waals surface area (Å²) in [4.78, 5) is 15.0. The smallest absolute Gasteiger partial charge is 0.138 e. The van der Waals surface area contributed by atoms with Crippen LogP contribution in [0.15, 0.2) is 54.6 Å². The number of carbonyl (C=O) groups is 1. The zero-order chi connectivity index (χ0) is 18.9. The summed E-state index contributed by atoms with van der Waals surface area (Å²) < 4.78 is 6.36. The van der Waals surface area contributed by atoms with E-state index in [9.17, 15) is 4.79 Å². The van der Waals surface area contributed by atoms with Crippen LogP contribution in [0.4, 0.5) is 0 Å². The van der Waals surface area contributed by atoms with Crippen LogP contribution >= 0.6 is 0 Å². The Morgan fingerprint density at radius 2 is 1.61 bits per heavy atom. The van der Waals surface area contributed by atoms with Gasteiger partial charge in [-0.05, 0) is 49.0 Å². The quantitative estimate of drug-likeness (QED) is 0.758. The molecule has 28 heavy (non-hydrogen) atoms. The predicted octanol–water partition coefficient (Wildman–Crippen LogP) is 4.70. The van der Waals surface area contributed by atoms with Crippen LogP contribution in [0, 0.1) is 11.8 Å². The maximum atomic E-state index is 12.4. The van der Waals surface area contributed by atoms with Crippen molar-refractivity contribution in [2.75, 3.05) is 13.1 Å². The lowest BCUT2D eigenvalue weighted by atomic mass is 9.96. The summed E-state index contributed by atoms with van der Waals surface area (Å²) in [6.07, 6.45) is 5.79. The van der Waals surface area contributed by atoms with Crippen molar-refractivity contribution in [2.45, 2.75) is 50.9 Å². The summed E-state index contributed by atoms with van der Waals surface area (Å²) in [6, 6.07) is 19.6. The van der Waals surface area contributed by atoms with Crippen molar-refractivity contribution in [1.29, 1.82) is 0 Å². The molecular formula is C25H29NO2. The van der Waals surface area contributed by atoms with Crippen LogP contribution in [-0.4, -0.2) is 35.9 Å². The number of benzene rings is 2. The Bertz CT molecular complexity index is 810. The Morgan fingerprint density at radius 1 is 0.893 bits per heavy atom. The number of carbonyl (C=O) groups excluding carboxylic acids is 1. The molecule has 2 aromatic rings. The standard InChI is InChI=1S/C25H29NO2/c27-23-15-22-24(16-21(23)25(22)26-13-5-2-6-14-26)28-17-18-9-11-20(12-10-18)19-7-3-1-4-8-19/h1,3-4,7-12,21-22,24-25H,2,5-6,13-17H2/t21-,22?,24?,25?/m0/s1. The molecule has 0 spiro atoms. The molecule has 3 unspecified atom stereocenters. The predicted molar refractivity (Wildman–Crippen MR) is 111 cm³/mol. The van der Waals surface area contributed by atoms with E-state index >= 15 is 0 Å². The van der Waals surface area contributed by atoms with E-state index in [1.165, 1.54) is 49.0 Å². The molecule has 0 radical (unpaired) electrons. The number of fused-ring (bicyclic) bond motifs is 2. The summed E-state index contributed by atoms with van der Waals surface area (Å²) in [5.74, 6) is 1.10. The molecule has 2 saturated carbocycles. The lowest BCUT2D eigenvalue weighted by Gasteiger charge is -2.35. The average molecular weight is 376 g/mol.